The quantitative estimate of drug-likeness (QED) is 0.668. The molecule has 1 fully saturated rings. The van der Waals surface area contributed by atoms with E-state index in [1.165, 1.54) is 0 Å². The lowest BCUT2D eigenvalue weighted by Gasteiger charge is -2.08. The van der Waals surface area contributed by atoms with Gasteiger partial charge in [-0.15, -0.1) is 0 Å². The number of nitrogens with one attached hydrogen (secondary N) is 2. The maximum atomic E-state index is 11.6. The first-order valence-corrected chi connectivity index (χ1v) is 5.06. The van der Waals surface area contributed by atoms with E-state index in [1.54, 1.807) is 6.07 Å². The molecule has 5 heteroatoms. The number of amides is 1. The third-order valence-corrected chi connectivity index (χ3v) is 2.83. The minimum atomic E-state index is -0.139. The molecule has 0 aliphatic heterocycles. The number of hydrogen-bond acceptors (Lipinski definition) is 3. The van der Waals surface area contributed by atoms with Gasteiger partial charge in [0.1, 0.15) is 0 Å². The largest absolute Gasteiger partial charge is 0.390 e. The van der Waals surface area contributed by atoms with Crippen molar-refractivity contribution in [2.24, 2.45) is 5.41 Å². The first kappa shape index (κ1) is 10.2. The summed E-state index contributed by atoms with van der Waals surface area (Å²) in [6, 6.07) is 1.75. The fourth-order valence-corrected chi connectivity index (χ4v) is 1.38. The van der Waals surface area contributed by atoms with Crippen LogP contribution in [0.25, 0.3) is 0 Å². The summed E-state index contributed by atoms with van der Waals surface area (Å²) in [4.78, 5) is 11.6. The number of aromatic amines is 1. The van der Waals surface area contributed by atoms with Gasteiger partial charge in [-0.3, -0.25) is 9.89 Å². The highest BCUT2D eigenvalue weighted by molar-refractivity contribution is 5.84. The van der Waals surface area contributed by atoms with Crippen molar-refractivity contribution in [1.82, 2.24) is 15.5 Å². The van der Waals surface area contributed by atoms with Crippen LogP contribution in [0.5, 0.6) is 0 Å². The zero-order valence-electron chi connectivity index (χ0n) is 8.71. The van der Waals surface area contributed by atoms with Crippen molar-refractivity contribution in [3.05, 3.63) is 17.5 Å². The van der Waals surface area contributed by atoms with Gasteiger partial charge >= 0.3 is 0 Å². The van der Waals surface area contributed by atoms with Gasteiger partial charge in [0.05, 0.1) is 24.5 Å². The van der Waals surface area contributed by atoms with E-state index in [9.17, 15) is 4.79 Å². The second-order valence-corrected chi connectivity index (χ2v) is 4.29. The van der Waals surface area contributed by atoms with Gasteiger partial charge in [0.2, 0.25) is 5.91 Å². The molecule has 0 saturated heterocycles. The van der Waals surface area contributed by atoms with Gasteiger partial charge in [-0.25, -0.2) is 0 Å². The SMILES string of the molecule is CC1(C(=O)NCc2cc(CO)n[nH]2)CC1. The van der Waals surface area contributed by atoms with Crippen LogP contribution in [0.4, 0.5) is 0 Å². The second-order valence-electron chi connectivity index (χ2n) is 4.29. The van der Waals surface area contributed by atoms with Crippen LogP contribution in [0, 0.1) is 5.41 Å². The Morgan fingerprint density at radius 1 is 1.73 bits per heavy atom. The number of carbonyl (C=O) groups is 1. The Kier molecular flexibility index (Phi) is 2.48. The molecule has 1 heterocycles. The van der Waals surface area contributed by atoms with Crippen molar-refractivity contribution in [2.75, 3.05) is 0 Å². The maximum absolute atomic E-state index is 11.6. The van der Waals surface area contributed by atoms with Gasteiger partial charge in [-0.05, 0) is 18.9 Å². The van der Waals surface area contributed by atoms with Crippen LogP contribution < -0.4 is 5.32 Å². The van der Waals surface area contributed by atoms with Crippen molar-refractivity contribution < 1.29 is 9.90 Å². The Morgan fingerprint density at radius 3 is 3.00 bits per heavy atom. The number of aliphatic hydroxyl groups is 1. The normalized spacial score (nSPS) is 17.5. The van der Waals surface area contributed by atoms with E-state index < -0.39 is 0 Å². The summed E-state index contributed by atoms with van der Waals surface area (Å²) in [7, 11) is 0. The number of carbonyl (C=O) groups excluding carboxylic acids is 1. The molecule has 82 valence electrons. The zero-order chi connectivity index (χ0) is 10.9. The smallest absolute Gasteiger partial charge is 0.226 e. The van der Waals surface area contributed by atoms with Gasteiger partial charge in [-0.1, -0.05) is 6.92 Å². The second kappa shape index (κ2) is 3.66. The number of aromatic nitrogens is 2. The van der Waals surface area contributed by atoms with E-state index in [0.29, 0.717) is 12.2 Å². The van der Waals surface area contributed by atoms with Gasteiger partial charge < -0.3 is 10.4 Å². The molecule has 1 aromatic heterocycles. The van der Waals surface area contributed by atoms with Gasteiger partial charge in [-0.2, -0.15) is 5.10 Å². The van der Waals surface area contributed by atoms with Crippen molar-refractivity contribution in [3.8, 4) is 0 Å². The average Bonchev–Trinajstić information content (AvgIpc) is 2.83. The number of H-pyrrole nitrogens is 1. The van der Waals surface area contributed by atoms with Crippen molar-refractivity contribution in [1.29, 1.82) is 0 Å². The highest BCUT2D eigenvalue weighted by Crippen LogP contribution is 2.44. The third-order valence-electron chi connectivity index (χ3n) is 2.83. The Labute approximate surface area is 87.9 Å². The highest BCUT2D eigenvalue weighted by atomic mass is 16.3. The molecule has 0 spiro atoms. The van der Waals surface area contributed by atoms with Crippen molar-refractivity contribution in [3.63, 3.8) is 0 Å². The molecule has 1 saturated carbocycles. The van der Waals surface area contributed by atoms with Crippen LogP contribution in [0.1, 0.15) is 31.2 Å². The van der Waals surface area contributed by atoms with Crippen LogP contribution in [-0.2, 0) is 17.9 Å². The van der Waals surface area contributed by atoms with Crippen LogP contribution in [-0.4, -0.2) is 21.2 Å². The molecule has 1 aliphatic carbocycles. The predicted molar refractivity (Wildman–Crippen MR) is 53.7 cm³/mol. The first-order chi connectivity index (χ1) is 7.14. The van der Waals surface area contributed by atoms with Gasteiger partial charge in [0.25, 0.3) is 0 Å². The maximum Gasteiger partial charge on any atom is 0.226 e. The lowest BCUT2D eigenvalue weighted by atomic mass is 10.1. The molecule has 1 aliphatic rings. The standard InChI is InChI=1S/C10H15N3O2/c1-10(2-3-10)9(15)11-5-7-4-8(6-14)13-12-7/h4,14H,2-3,5-6H2,1H3,(H,11,15)(H,12,13). The summed E-state index contributed by atoms with van der Waals surface area (Å²) in [5, 5.41) is 18.3. The molecule has 2 rings (SSSR count). The van der Waals surface area contributed by atoms with E-state index in [1.807, 2.05) is 6.92 Å². The van der Waals surface area contributed by atoms with E-state index in [4.69, 9.17) is 5.11 Å². The molecule has 0 bridgehead atoms. The summed E-state index contributed by atoms with van der Waals surface area (Å²) in [6.07, 6.45) is 1.95. The summed E-state index contributed by atoms with van der Waals surface area (Å²) >= 11 is 0. The minimum absolute atomic E-state index is 0.0812. The summed E-state index contributed by atoms with van der Waals surface area (Å²) in [5.74, 6) is 0.0997. The Bertz CT molecular complexity index is 368. The van der Waals surface area contributed by atoms with Gasteiger partial charge in [0.15, 0.2) is 0 Å². The van der Waals surface area contributed by atoms with Gasteiger partial charge in [0, 0.05) is 5.41 Å². The summed E-state index contributed by atoms with van der Waals surface area (Å²) < 4.78 is 0. The Morgan fingerprint density at radius 2 is 2.47 bits per heavy atom. The van der Waals surface area contributed by atoms with Crippen LogP contribution in [0.15, 0.2) is 6.07 Å². The molecule has 0 atom stereocenters. The third kappa shape index (κ3) is 2.18. The number of aliphatic hydroxyl groups excluding tert-OH is 1. The topological polar surface area (TPSA) is 78.0 Å². The van der Waals surface area contributed by atoms with Crippen LogP contribution in [0.3, 0.4) is 0 Å². The first-order valence-electron chi connectivity index (χ1n) is 5.06. The minimum Gasteiger partial charge on any atom is -0.390 e. The fourth-order valence-electron chi connectivity index (χ4n) is 1.38. The number of rotatable bonds is 4. The molecule has 3 N–H and O–H groups in total. The van der Waals surface area contributed by atoms with E-state index >= 15 is 0 Å². The molecule has 1 aromatic rings. The predicted octanol–water partition coefficient (Wildman–Crippen LogP) is 0.318. The average molecular weight is 209 g/mol. The van der Waals surface area contributed by atoms with Crippen LogP contribution in [0.2, 0.25) is 0 Å². The molecule has 1 amide bonds. The molecule has 0 unspecified atom stereocenters. The fraction of sp³-hybridized carbons (Fsp3) is 0.600. The summed E-state index contributed by atoms with van der Waals surface area (Å²) in [5.41, 5.74) is 1.27. The zero-order valence-corrected chi connectivity index (χ0v) is 8.71. The number of nitrogens with zero attached hydrogens (tertiary/aromatic N) is 1. The molecule has 5 nitrogen and oxygen atoms in total. The van der Waals surface area contributed by atoms with E-state index in [-0.39, 0.29) is 17.9 Å². The molecular formula is C10H15N3O2. The molecule has 0 aromatic carbocycles. The van der Waals surface area contributed by atoms with Crippen molar-refractivity contribution >= 4 is 5.91 Å². The Balaban J connectivity index is 1.85. The molecular weight excluding hydrogens is 194 g/mol. The monoisotopic (exact) mass is 209 g/mol. The lowest BCUT2D eigenvalue weighted by molar-refractivity contribution is -0.125. The highest BCUT2D eigenvalue weighted by Gasteiger charge is 2.44. The number of hydrogen-bond donors (Lipinski definition) is 3. The molecule has 0 radical (unpaired) electrons. The van der Waals surface area contributed by atoms with E-state index in [2.05, 4.69) is 15.5 Å². The van der Waals surface area contributed by atoms with Crippen LogP contribution >= 0.6 is 0 Å². The summed E-state index contributed by atoms with van der Waals surface area (Å²) in [6.45, 7) is 2.33. The lowest BCUT2D eigenvalue weighted by Crippen LogP contribution is -2.29. The van der Waals surface area contributed by atoms with Crippen molar-refractivity contribution in [2.45, 2.75) is 32.9 Å². The Hall–Kier alpha value is -1.36. The molecule has 15 heavy (non-hydrogen) atoms. The van der Waals surface area contributed by atoms with E-state index in [0.717, 1.165) is 18.5 Å².